The first-order valence-electron chi connectivity index (χ1n) is 8.32. The maximum atomic E-state index is 6.16. The minimum absolute atomic E-state index is 0.653. The molecule has 5 rings (SSSR count). The number of fused-ring (bicyclic) bond motifs is 2. The Kier molecular flexibility index (Phi) is 3.14. The van der Waals surface area contributed by atoms with Gasteiger partial charge in [0.05, 0.1) is 6.20 Å². The van der Waals surface area contributed by atoms with E-state index in [1.807, 2.05) is 36.5 Å². The molecule has 0 bridgehead atoms. The van der Waals surface area contributed by atoms with Crippen molar-refractivity contribution in [1.82, 2.24) is 4.98 Å². The van der Waals surface area contributed by atoms with Crippen molar-refractivity contribution in [2.45, 2.75) is 0 Å². The zero-order chi connectivity index (χ0) is 16.6. The average molecular weight is 321 g/mol. The van der Waals surface area contributed by atoms with Gasteiger partial charge < -0.3 is 4.42 Å². The summed E-state index contributed by atoms with van der Waals surface area (Å²) in [6.45, 7) is 0. The minimum atomic E-state index is 0.653. The Labute approximate surface area is 145 Å². The van der Waals surface area contributed by atoms with E-state index in [1.165, 1.54) is 16.2 Å². The van der Waals surface area contributed by atoms with Crippen LogP contribution in [0, 0.1) is 0 Å². The predicted molar refractivity (Wildman–Crippen MR) is 102 cm³/mol. The third-order valence-corrected chi connectivity index (χ3v) is 4.58. The highest BCUT2D eigenvalue weighted by Gasteiger charge is 2.12. The molecular formula is C23H15NO. The van der Waals surface area contributed by atoms with Crippen molar-refractivity contribution < 1.29 is 4.42 Å². The van der Waals surface area contributed by atoms with Crippen molar-refractivity contribution in [3.05, 3.63) is 91.1 Å². The highest BCUT2D eigenvalue weighted by molar-refractivity contribution is 5.97. The Morgan fingerprint density at radius 3 is 1.84 bits per heavy atom. The molecule has 0 amide bonds. The van der Waals surface area contributed by atoms with Gasteiger partial charge in [0.25, 0.3) is 0 Å². The Morgan fingerprint density at radius 1 is 0.560 bits per heavy atom. The second kappa shape index (κ2) is 5.60. The molecule has 25 heavy (non-hydrogen) atoms. The maximum Gasteiger partial charge on any atom is 0.227 e. The Bertz CT molecular complexity index is 1100. The molecular weight excluding hydrogens is 306 g/mol. The molecule has 2 nitrogen and oxygen atoms in total. The second-order valence-electron chi connectivity index (χ2n) is 6.08. The Morgan fingerprint density at radius 2 is 1.12 bits per heavy atom. The third-order valence-electron chi connectivity index (χ3n) is 4.58. The summed E-state index contributed by atoms with van der Waals surface area (Å²) in [6, 6.07) is 29.1. The van der Waals surface area contributed by atoms with Crippen molar-refractivity contribution in [3.63, 3.8) is 0 Å². The quantitative estimate of drug-likeness (QED) is 0.380. The molecule has 0 atom stereocenters. The van der Waals surface area contributed by atoms with E-state index in [0.717, 1.165) is 22.3 Å². The fourth-order valence-corrected chi connectivity index (χ4v) is 3.38. The van der Waals surface area contributed by atoms with E-state index in [9.17, 15) is 0 Å². The smallest absolute Gasteiger partial charge is 0.227 e. The molecule has 0 saturated heterocycles. The molecule has 0 spiro atoms. The maximum absolute atomic E-state index is 6.16. The van der Waals surface area contributed by atoms with E-state index in [2.05, 4.69) is 59.6 Å². The third kappa shape index (κ3) is 2.31. The fraction of sp³-hybridized carbons (Fsp3) is 0. The van der Waals surface area contributed by atoms with Crippen molar-refractivity contribution in [2.24, 2.45) is 0 Å². The van der Waals surface area contributed by atoms with Crippen molar-refractivity contribution in [3.8, 4) is 22.8 Å². The summed E-state index contributed by atoms with van der Waals surface area (Å²) < 4.78 is 6.16. The van der Waals surface area contributed by atoms with Gasteiger partial charge in [0.1, 0.15) is 0 Å². The minimum Gasteiger partial charge on any atom is -0.436 e. The molecule has 0 aliphatic rings. The van der Waals surface area contributed by atoms with E-state index in [0.29, 0.717) is 5.89 Å². The van der Waals surface area contributed by atoms with E-state index in [1.54, 1.807) is 0 Å². The summed E-state index contributed by atoms with van der Waals surface area (Å²) >= 11 is 0. The van der Waals surface area contributed by atoms with Crippen LogP contribution in [0.15, 0.2) is 95.5 Å². The van der Waals surface area contributed by atoms with Crippen LogP contribution in [0.4, 0.5) is 0 Å². The van der Waals surface area contributed by atoms with Gasteiger partial charge >= 0.3 is 0 Å². The predicted octanol–water partition coefficient (Wildman–Crippen LogP) is 6.32. The van der Waals surface area contributed by atoms with Crippen LogP contribution in [0.25, 0.3) is 44.3 Å². The molecule has 0 aliphatic carbocycles. The van der Waals surface area contributed by atoms with E-state index in [4.69, 9.17) is 4.42 Å². The van der Waals surface area contributed by atoms with Gasteiger partial charge in [-0.1, -0.05) is 78.9 Å². The Balaban J connectivity index is 1.69. The zero-order valence-corrected chi connectivity index (χ0v) is 13.5. The largest absolute Gasteiger partial charge is 0.436 e. The summed E-state index contributed by atoms with van der Waals surface area (Å²) in [6.07, 6.45) is 1.82. The van der Waals surface area contributed by atoms with E-state index in [-0.39, 0.29) is 0 Å². The van der Waals surface area contributed by atoms with Gasteiger partial charge in [0.2, 0.25) is 5.89 Å². The molecule has 0 radical (unpaired) electrons. The van der Waals surface area contributed by atoms with Crippen molar-refractivity contribution in [2.75, 3.05) is 0 Å². The number of rotatable bonds is 2. The topological polar surface area (TPSA) is 26.0 Å². The normalized spacial score (nSPS) is 11.2. The fourth-order valence-electron chi connectivity index (χ4n) is 3.38. The molecule has 118 valence electrons. The molecule has 1 heterocycles. The first-order valence-corrected chi connectivity index (χ1v) is 8.32. The lowest BCUT2D eigenvalue weighted by molar-refractivity contribution is 0.590. The van der Waals surface area contributed by atoms with Gasteiger partial charge in [-0.05, 0) is 27.6 Å². The van der Waals surface area contributed by atoms with Gasteiger partial charge in [0.15, 0.2) is 5.76 Å². The average Bonchev–Trinajstić information content (AvgIpc) is 3.17. The van der Waals surface area contributed by atoms with Gasteiger partial charge in [-0.15, -0.1) is 0 Å². The number of aromatic nitrogens is 1. The molecule has 2 heteroatoms. The van der Waals surface area contributed by atoms with Gasteiger partial charge in [-0.3, -0.25) is 0 Å². The van der Waals surface area contributed by atoms with Crippen molar-refractivity contribution in [1.29, 1.82) is 0 Å². The molecule has 0 unspecified atom stereocenters. The molecule has 0 N–H and O–H groups in total. The highest BCUT2D eigenvalue weighted by atomic mass is 16.4. The lowest BCUT2D eigenvalue weighted by Crippen LogP contribution is -1.80. The van der Waals surface area contributed by atoms with Gasteiger partial charge in [0, 0.05) is 11.1 Å². The zero-order valence-electron chi connectivity index (χ0n) is 13.5. The molecule has 5 aromatic rings. The highest BCUT2D eigenvalue weighted by Crippen LogP contribution is 2.33. The molecule has 4 aromatic carbocycles. The summed E-state index contributed by atoms with van der Waals surface area (Å²) in [4.78, 5) is 4.55. The van der Waals surface area contributed by atoms with Crippen LogP contribution in [0.2, 0.25) is 0 Å². The molecule has 0 fully saturated rings. The Hall–Kier alpha value is -3.39. The van der Waals surface area contributed by atoms with Crippen molar-refractivity contribution >= 4 is 21.5 Å². The monoisotopic (exact) mass is 321 g/mol. The van der Waals surface area contributed by atoms with Crippen LogP contribution in [0.1, 0.15) is 0 Å². The number of benzene rings is 4. The van der Waals surface area contributed by atoms with Crippen LogP contribution < -0.4 is 0 Å². The number of hydrogen-bond acceptors (Lipinski definition) is 2. The van der Waals surface area contributed by atoms with Crippen LogP contribution in [0.3, 0.4) is 0 Å². The summed E-state index contributed by atoms with van der Waals surface area (Å²) in [5.74, 6) is 1.44. The standard InChI is InChI=1S/C23H15NO/c1-3-11-18-16(7-1)9-5-13-20(18)22-15-24-23(25-22)21-14-6-10-17-8-2-4-12-19(17)21/h1-15H. The van der Waals surface area contributed by atoms with Crippen LogP contribution in [0.5, 0.6) is 0 Å². The summed E-state index contributed by atoms with van der Waals surface area (Å²) in [5, 5.41) is 4.70. The van der Waals surface area contributed by atoms with E-state index >= 15 is 0 Å². The van der Waals surface area contributed by atoms with Gasteiger partial charge in [-0.25, -0.2) is 4.98 Å². The van der Waals surface area contributed by atoms with Crippen LogP contribution in [-0.2, 0) is 0 Å². The second-order valence-corrected chi connectivity index (χ2v) is 6.08. The lowest BCUT2D eigenvalue weighted by Gasteiger charge is -2.04. The van der Waals surface area contributed by atoms with Crippen LogP contribution in [-0.4, -0.2) is 4.98 Å². The summed E-state index contributed by atoms with van der Waals surface area (Å²) in [5.41, 5.74) is 2.08. The SMILES string of the molecule is c1ccc2c(-c3cnc(-c4cccc5ccccc45)o3)cccc2c1. The molecule has 1 aromatic heterocycles. The first-order chi connectivity index (χ1) is 12.4. The number of hydrogen-bond donors (Lipinski definition) is 0. The van der Waals surface area contributed by atoms with Crippen LogP contribution >= 0.6 is 0 Å². The van der Waals surface area contributed by atoms with E-state index < -0.39 is 0 Å². The number of nitrogens with zero attached hydrogens (tertiary/aromatic N) is 1. The van der Waals surface area contributed by atoms with Gasteiger partial charge in [-0.2, -0.15) is 0 Å². The number of oxazole rings is 1. The first kappa shape index (κ1) is 14.0. The lowest BCUT2D eigenvalue weighted by atomic mass is 10.0. The molecule has 0 saturated carbocycles. The summed E-state index contributed by atoms with van der Waals surface area (Å²) in [7, 11) is 0. The molecule has 0 aliphatic heterocycles.